The van der Waals surface area contributed by atoms with Gasteiger partial charge in [-0.25, -0.2) is 0 Å². The Morgan fingerprint density at radius 3 is 2.55 bits per heavy atom. The number of aryl methyl sites for hydroxylation is 1. The first-order chi connectivity index (χ1) is 10.7. The Kier molecular flexibility index (Phi) is 6.13. The average molecular weight is 302 g/mol. The Labute approximate surface area is 132 Å². The number of benzene rings is 1. The quantitative estimate of drug-likeness (QED) is 0.821. The van der Waals surface area contributed by atoms with Gasteiger partial charge in [0.05, 0.1) is 0 Å². The second kappa shape index (κ2) is 8.08. The Bertz CT molecular complexity index is 510. The summed E-state index contributed by atoms with van der Waals surface area (Å²) in [6, 6.07) is 7.82. The van der Waals surface area contributed by atoms with E-state index < -0.39 is 0 Å². The van der Waals surface area contributed by atoms with Gasteiger partial charge in [-0.05, 0) is 31.2 Å². The maximum absolute atomic E-state index is 12.3. The zero-order chi connectivity index (χ0) is 15.9. The number of ketones is 1. The highest BCUT2D eigenvalue weighted by atomic mass is 16.2. The minimum absolute atomic E-state index is 0.0392. The van der Waals surface area contributed by atoms with Gasteiger partial charge in [0, 0.05) is 37.5 Å². The van der Waals surface area contributed by atoms with E-state index in [4.69, 9.17) is 5.73 Å². The summed E-state index contributed by atoms with van der Waals surface area (Å²) in [6.45, 7) is 3.38. The number of rotatable bonds is 6. The van der Waals surface area contributed by atoms with Crippen molar-refractivity contribution in [3.8, 4) is 0 Å². The fourth-order valence-electron chi connectivity index (χ4n) is 3.01. The van der Waals surface area contributed by atoms with E-state index >= 15 is 0 Å². The third-order valence-corrected chi connectivity index (χ3v) is 4.47. The van der Waals surface area contributed by atoms with Crippen LogP contribution in [0.25, 0.3) is 0 Å². The van der Waals surface area contributed by atoms with Crippen molar-refractivity contribution in [3.63, 3.8) is 0 Å². The van der Waals surface area contributed by atoms with Crippen LogP contribution in [0.2, 0.25) is 0 Å². The van der Waals surface area contributed by atoms with Gasteiger partial charge in [-0.2, -0.15) is 0 Å². The smallest absolute Gasteiger partial charge is 0.223 e. The van der Waals surface area contributed by atoms with Gasteiger partial charge in [-0.3, -0.25) is 9.59 Å². The number of carbonyl (C=O) groups excluding carboxylic acids is 2. The van der Waals surface area contributed by atoms with Gasteiger partial charge in [0.15, 0.2) is 5.78 Å². The van der Waals surface area contributed by atoms with Gasteiger partial charge in [-0.1, -0.05) is 31.2 Å². The number of hydrogen-bond donors (Lipinski definition) is 1. The van der Waals surface area contributed by atoms with Crippen LogP contribution < -0.4 is 5.73 Å². The molecule has 0 aliphatic carbocycles. The lowest BCUT2D eigenvalue weighted by molar-refractivity contribution is -0.134. The molecule has 22 heavy (non-hydrogen) atoms. The molecule has 0 radical (unpaired) electrons. The van der Waals surface area contributed by atoms with Crippen LogP contribution in [0.4, 0.5) is 0 Å². The number of carbonyl (C=O) groups is 2. The van der Waals surface area contributed by atoms with Gasteiger partial charge < -0.3 is 10.6 Å². The molecule has 2 rings (SSSR count). The first kappa shape index (κ1) is 16.7. The number of Topliss-reactive ketones (excluding diaryl/α,β-unsaturated/α-hetero) is 1. The van der Waals surface area contributed by atoms with Gasteiger partial charge in [0.1, 0.15) is 0 Å². The summed E-state index contributed by atoms with van der Waals surface area (Å²) in [5.74, 6) is 0.103. The van der Waals surface area contributed by atoms with E-state index in [1.54, 1.807) is 0 Å². The van der Waals surface area contributed by atoms with E-state index in [0.717, 1.165) is 32.2 Å². The molecule has 4 nitrogen and oxygen atoms in total. The lowest BCUT2D eigenvalue weighted by Crippen LogP contribution is -2.47. The Morgan fingerprint density at radius 1 is 1.18 bits per heavy atom. The van der Waals surface area contributed by atoms with Gasteiger partial charge in [-0.15, -0.1) is 0 Å². The second-order valence-electron chi connectivity index (χ2n) is 5.95. The van der Waals surface area contributed by atoms with Crippen LogP contribution in [0.5, 0.6) is 0 Å². The predicted molar refractivity (Wildman–Crippen MR) is 87.8 cm³/mol. The van der Waals surface area contributed by atoms with Crippen LogP contribution in [0, 0.1) is 0 Å². The standard InChI is InChI=1S/C18H26N2O2/c1-2-14-6-8-15(9-7-14)17(21)10-11-18(22)20-12-4-3-5-16(20)13-19/h6-9,16H,2-5,10-13,19H2,1H3. The average Bonchev–Trinajstić information content (AvgIpc) is 2.59. The van der Waals surface area contributed by atoms with E-state index in [1.165, 1.54) is 5.56 Å². The van der Waals surface area contributed by atoms with E-state index in [2.05, 4.69) is 6.92 Å². The Morgan fingerprint density at radius 2 is 1.91 bits per heavy atom. The van der Waals surface area contributed by atoms with Crippen LogP contribution >= 0.6 is 0 Å². The highest BCUT2D eigenvalue weighted by Crippen LogP contribution is 2.18. The first-order valence-electron chi connectivity index (χ1n) is 8.27. The molecule has 0 saturated carbocycles. The first-order valence-corrected chi connectivity index (χ1v) is 8.27. The highest BCUT2D eigenvalue weighted by molar-refractivity contribution is 5.98. The van der Waals surface area contributed by atoms with Crippen LogP contribution in [-0.2, 0) is 11.2 Å². The minimum Gasteiger partial charge on any atom is -0.338 e. The molecule has 4 heteroatoms. The fraction of sp³-hybridized carbons (Fsp3) is 0.556. The summed E-state index contributed by atoms with van der Waals surface area (Å²) in [4.78, 5) is 26.4. The third kappa shape index (κ3) is 4.17. The number of hydrogen-bond acceptors (Lipinski definition) is 3. The summed E-state index contributed by atoms with van der Waals surface area (Å²) in [7, 11) is 0. The van der Waals surface area contributed by atoms with Crippen LogP contribution in [0.15, 0.2) is 24.3 Å². The molecule has 0 spiro atoms. The molecule has 1 aromatic carbocycles. The lowest BCUT2D eigenvalue weighted by atomic mass is 10.00. The van der Waals surface area contributed by atoms with Crippen molar-refractivity contribution in [1.82, 2.24) is 4.90 Å². The molecule has 1 aromatic rings. The van der Waals surface area contributed by atoms with Crippen molar-refractivity contribution in [2.45, 2.75) is 51.5 Å². The number of piperidine rings is 1. The van der Waals surface area contributed by atoms with Crippen LogP contribution in [-0.4, -0.2) is 35.7 Å². The minimum atomic E-state index is 0.0392. The zero-order valence-corrected chi connectivity index (χ0v) is 13.4. The van der Waals surface area contributed by atoms with Gasteiger partial charge >= 0.3 is 0 Å². The molecule has 1 aliphatic heterocycles. The molecule has 1 amide bonds. The van der Waals surface area contributed by atoms with E-state index in [0.29, 0.717) is 12.1 Å². The largest absolute Gasteiger partial charge is 0.338 e. The molecule has 0 bridgehead atoms. The number of nitrogens with two attached hydrogens (primary N) is 1. The molecular weight excluding hydrogens is 276 g/mol. The summed E-state index contributed by atoms with van der Waals surface area (Å²) in [5, 5.41) is 0. The SMILES string of the molecule is CCc1ccc(C(=O)CCC(=O)N2CCCCC2CN)cc1. The third-order valence-electron chi connectivity index (χ3n) is 4.47. The summed E-state index contributed by atoms with van der Waals surface area (Å²) in [6.07, 6.45) is 4.67. The van der Waals surface area contributed by atoms with Crippen molar-refractivity contribution >= 4 is 11.7 Å². The predicted octanol–water partition coefficient (Wildman–Crippen LogP) is 2.55. The van der Waals surface area contributed by atoms with Gasteiger partial charge in [0.2, 0.25) is 5.91 Å². The molecule has 1 aliphatic rings. The molecule has 1 fully saturated rings. The fourth-order valence-corrected chi connectivity index (χ4v) is 3.01. The second-order valence-corrected chi connectivity index (χ2v) is 5.95. The van der Waals surface area contributed by atoms with E-state index in [9.17, 15) is 9.59 Å². The molecule has 1 saturated heterocycles. The summed E-state index contributed by atoms with van der Waals surface area (Å²) in [5.41, 5.74) is 7.65. The number of likely N-dealkylation sites (tertiary alicyclic amines) is 1. The van der Waals surface area contributed by atoms with Crippen molar-refractivity contribution in [2.24, 2.45) is 5.73 Å². The Balaban J connectivity index is 1.88. The number of nitrogens with zero attached hydrogens (tertiary/aromatic N) is 1. The van der Waals surface area contributed by atoms with Crippen molar-refractivity contribution in [1.29, 1.82) is 0 Å². The monoisotopic (exact) mass is 302 g/mol. The molecule has 1 atom stereocenters. The molecule has 2 N–H and O–H groups in total. The van der Waals surface area contributed by atoms with Crippen LogP contribution in [0.1, 0.15) is 54.9 Å². The number of amides is 1. The molecule has 0 aromatic heterocycles. The van der Waals surface area contributed by atoms with Crippen molar-refractivity contribution < 1.29 is 9.59 Å². The summed E-state index contributed by atoms with van der Waals surface area (Å²) < 4.78 is 0. The molecule has 120 valence electrons. The summed E-state index contributed by atoms with van der Waals surface area (Å²) >= 11 is 0. The van der Waals surface area contributed by atoms with Gasteiger partial charge in [0.25, 0.3) is 0 Å². The lowest BCUT2D eigenvalue weighted by Gasteiger charge is -2.35. The topological polar surface area (TPSA) is 63.4 Å². The van der Waals surface area contributed by atoms with Crippen molar-refractivity contribution in [3.05, 3.63) is 35.4 Å². The molecule has 1 unspecified atom stereocenters. The zero-order valence-electron chi connectivity index (χ0n) is 13.4. The molecular formula is C18H26N2O2. The Hall–Kier alpha value is -1.68. The maximum atomic E-state index is 12.3. The van der Waals surface area contributed by atoms with E-state index in [1.807, 2.05) is 29.2 Å². The maximum Gasteiger partial charge on any atom is 0.223 e. The molecule has 1 heterocycles. The highest BCUT2D eigenvalue weighted by Gasteiger charge is 2.25. The van der Waals surface area contributed by atoms with Crippen molar-refractivity contribution in [2.75, 3.05) is 13.1 Å². The normalized spacial score (nSPS) is 18.3. The van der Waals surface area contributed by atoms with E-state index in [-0.39, 0.29) is 30.6 Å². The van der Waals surface area contributed by atoms with Crippen LogP contribution in [0.3, 0.4) is 0 Å².